The van der Waals surface area contributed by atoms with Crippen molar-refractivity contribution in [3.63, 3.8) is 0 Å². The number of benzene rings is 2. The molecule has 0 radical (unpaired) electrons. The van der Waals surface area contributed by atoms with Crippen LogP contribution in [0.1, 0.15) is 22.4 Å². The molecule has 22 heavy (non-hydrogen) atoms. The first-order chi connectivity index (χ1) is 10.5. The Bertz CT molecular complexity index is 859. The summed E-state index contributed by atoms with van der Waals surface area (Å²) in [5, 5.41) is 10.9. The zero-order valence-electron chi connectivity index (χ0n) is 13.0. The van der Waals surface area contributed by atoms with Crippen LogP contribution in [0, 0.1) is 20.8 Å². The number of hydrogen-bond acceptors (Lipinski definition) is 3. The quantitative estimate of drug-likeness (QED) is 0.700. The predicted molar refractivity (Wildman–Crippen MR) is 91.3 cm³/mol. The minimum absolute atomic E-state index is 0.349. The van der Waals surface area contributed by atoms with Gasteiger partial charge in [-0.2, -0.15) is 0 Å². The van der Waals surface area contributed by atoms with Gasteiger partial charge in [0, 0.05) is 17.3 Å². The number of aromatic hydroxyl groups is 1. The van der Waals surface area contributed by atoms with Gasteiger partial charge in [-0.05, 0) is 61.7 Å². The molecule has 0 aliphatic heterocycles. The van der Waals surface area contributed by atoms with Crippen LogP contribution in [0.3, 0.4) is 0 Å². The molecule has 2 aromatic carbocycles. The number of nitrogens with zero attached hydrogens (tertiary/aromatic N) is 2. The number of aryl methyl sites for hydroxylation is 3. The van der Waals surface area contributed by atoms with Crippen LogP contribution < -0.4 is 0 Å². The maximum Gasteiger partial charge on any atom is 0.121 e. The minimum atomic E-state index is 0.349. The van der Waals surface area contributed by atoms with Gasteiger partial charge >= 0.3 is 0 Å². The first kappa shape index (κ1) is 14.3. The molecule has 0 saturated heterocycles. The van der Waals surface area contributed by atoms with Crippen molar-refractivity contribution in [3.05, 3.63) is 64.8 Å². The third-order valence-corrected chi connectivity index (χ3v) is 3.69. The highest BCUT2D eigenvalue weighted by Crippen LogP contribution is 2.26. The van der Waals surface area contributed by atoms with Crippen molar-refractivity contribution in [1.29, 1.82) is 0 Å². The van der Waals surface area contributed by atoms with E-state index in [1.54, 1.807) is 0 Å². The number of rotatable bonds is 2. The molecule has 0 unspecified atom stereocenters. The summed E-state index contributed by atoms with van der Waals surface area (Å²) in [7, 11) is 0. The van der Waals surface area contributed by atoms with E-state index in [4.69, 9.17) is 0 Å². The second kappa shape index (κ2) is 5.60. The Morgan fingerprint density at radius 3 is 2.41 bits per heavy atom. The van der Waals surface area contributed by atoms with Crippen molar-refractivity contribution in [2.45, 2.75) is 20.8 Å². The van der Waals surface area contributed by atoms with Crippen LogP contribution in [0.4, 0.5) is 5.69 Å². The fourth-order valence-corrected chi connectivity index (χ4v) is 2.60. The molecule has 3 aromatic rings. The van der Waals surface area contributed by atoms with Gasteiger partial charge < -0.3 is 5.11 Å². The van der Waals surface area contributed by atoms with Gasteiger partial charge in [0.05, 0.1) is 11.2 Å². The van der Waals surface area contributed by atoms with Crippen LogP contribution in [0.2, 0.25) is 0 Å². The molecule has 0 fully saturated rings. The van der Waals surface area contributed by atoms with Gasteiger partial charge in [0.25, 0.3) is 0 Å². The van der Waals surface area contributed by atoms with Crippen molar-refractivity contribution in [2.75, 3.05) is 0 Å². The smallest absolute Gasteiger partial charge is 0.121 e. The molecule has 3 heteroatoms. The van der Waals surface area contributed by atoms with E-state index < -0.39 is 0 Å². The molecule has 0 saturated carbocycles. The lowest BCUT2D eigenvalue weighted by atomic mass is 10.1. The highest BCUT2D eigenvalue weighted by atomic mass is 16.3. The average molecular weight is 290 g/mol. The Kier molecular flexibility index (Phi) is 3.63. The van der Waals surface area contributed by atoms with Gasteiger partial charge in [-0.25, -0.2) is 0 Å². The van der Waals surface area contributed by atoms with Crippen molar-refractivity contribution in [1.82, 2.24) is 4.98 Å². The lowest BCUT2D eigenvalue weighted by molar-refractivity contribution is 0.467. The van der Waals surface area contributed by atoms with Crippen LogP contribution >= 0.6 is 0 Å². The Hall–Kier alpha value is -2.68. The molecule has 3 rings (SSSR count). The number of pyridine rings is 1. The number of phenolic OH excluding ortho intramolecular Hbond substituents is 1. The third kappa shape index (κ3) is 2.70. The maximum absolute atomic E-state index is 9.84. The molecule has 3 nitrogen and oxygen atoms in total. The van der Waals surface area contributed by atoms with Gasteiger partial charge in [-0.3, -0.25) is 9.98 Å². The highest BCUT2D eigenvalue weighted by molar-refractivity contribution is 5.93. The summed E-state index contributed by atoms with van der Waals surface area (Å²) >= 11 is 0. The highest BCUT2D eigenvalue weighted by Gasteiger charge is 2.04. The van der Waals surface area contributed by atoms with E-state index in [0.29, 0.717) is 5.75 Å². The van der Waals surface area contributed by atoms with E-state index in [2.05, 4.69) is 9.98 Å². The lowest BCUT2D eigenvalue weighted by Gasteiger charge is -2.05. The van der Waals surface area contributed by atoms with E-state index in [1.165, 1.54) is 0 Å². The van der Waals surface area contributed by atoms with Crippen molar-refractivity contribution >= 4 is 22.8 Å². The summed E-state index contributed by atoms with van der Waals surface area (Å²) in [6.45, 7) is 5.76. The van der Waals surface area contributed by atoms with Gasteiger partial charge in [-0.15, -0.1) is 0 Å². The van der Waals surface area contributed by atoms with Crippen LogP contribution in [0.25, 0.3) is 10.9 Å². The van der Waals surface area contributed by atoms with E-state index in [-0.39, 0.29) is 0 Å². The summed E-state index contributed by atoms with van der Waals surface area (Å²) in [6, 6.07) is 13.9. The van der Waals surface area contributed by atoms with Crippen LogP contribution in [-0.2, 0) is 0 Å². The third-order valence-electron chi connectivity index (χ3n) is 3.69. The number of hydrogen-bond donors (Lipinski definition) is 1. The normalized spacial score (nSPS) is 11.4. The molecule has 0 aliphatic carbocycles. The first-order valence-electron chi connectivity index (χ1n) is 7.25. The van der Waals surface area contributed by atoms with E-state index >= 15 is 0 Å². The summed E-state index contributed by atoms with van der Waals surface area (Å²) in [5.74, 6) is 0.349. The fourth-order valence-electron chi connectivity index (χ4n) is 2.60. The standard InChI is InChI=1S/C19H18N2O/c1-12-8-15(9-13(2)19(12)22)11-20-18-10-14(3)21-17-7-5-4-6-16(17)18/h4-11,22H,1-3H3. The lowest BCUT2D eigenvalue weighted by Crippen LogP contribution is -1.88. The van der Waals surface area contributed by atoms with Crippen molar-refractivity contribution < 1.29 is 5.11 Å². The van der Waals surface area contributed by atoms with Crippen LogP contribution in [0.15, 0.2) is 47.5 Å². The SMILES string of the molecule is Cc1cc(N=Cc2cc(C)c(O)c(C)c2)c2ccccc2n1. The maximum atomic E-state index is 9.84. The second-order valence-corrected chi connectivity index (χ2v) is 5.56. The predicted octanol–water partition coefficient (Wildman–Crippen LogP) is 4.62. The first-order valence-corrected chi connectivity index (χ1v) is 7.25. The van der Waals surface area contributed by atoms with Gasteiger partial charge in [0.1, 0.15) is 5.75 Å². The summed E-state index contributed by atoms with van der Waals surface area (Å²) in [6.07, 6.45) is 1.83. The van der Waals surface area contributed by atoms with Crippen molar-refractivity contribution in [3.8, 4) is 5.75 Å². The molecular weight excluding hydrogens is 272 g/mol. The minimum Gasteiger partial charge on any atom is -0.507 e. The summed E-state index contributed by atoms with van der Waals surface area (Å²) < 4.78 is 0. The van der Waals surface area contributed by atoms with E-state index in [9.17, 15) is 5.11 Å². The average Bonchev–Trinajstić information content (AvgIpc) is 2.50. The monoisotopic (exact) mass is 290 g/mol. The molecule has 0 spiro atoms. The topological polar surface area (TPSA) is 45.5 Å². The number of aliphatic imine (C=N–C) groups is 1. The molecule has 0 atom stereocenters. The van der Waals surface area contributed by atoms with Gasteiger partial charge in [0.15, 0.2) is 0 Å². The number of aromatic nitrogens is 1. The Labute approximate surface area is 130 Å². The van der Waals surface area contributed by atoms with Gasteiger partial charge in [0.2, 0.25) is 0 Å². The molecule has 0 amide bonds. The second-order valence-electron chi connectivity index (χ2n) is 5.56. The Morgan fingerprint density at radius 1 is 1.00 bits per heavy atom. The van der Waals surface area contributed by atoms with Crippen LogP contribution in [-0.4, -0.2) is 16.3 Å². The van der Waals surface area contributed by atoms with Crippen molar-refractivity contribution in [2.24, 2.45) is 4.99 Å². The molecule has 1 N–H and O–H groups in total. The van der Waals surface area contributed by atoms with Gasteiger partial charge in [-0.1, -0.05) is 18.2 Å². The largest absolute Gasteiger partial charge is 0.507 e. The molecule has 0 aliphatic rings. The fraction of sp³-hybridized carbons (Fsp3) is 0.158. The Morgan fingerprint density at radius 2 is 1.68 bits per heavy atom. The molecule has 110 valence electrons. The molecule has 1 heterocycles. The summed E-state index contributed by atoms with van der Waals surface area (Å²) in [5.41, 5.74) is 5.50. The van der Waals surface area contributed by atoms with Crippen LogP contribution in [0.5, 0.6) is 5.75 Å². The van der Waals surface area contributed by atoms with E-state index in [0.717, 1.165) is 39.0 Å². The number of phenols is 1. The zero-order chi connectivity index (χ0) is 15.7. The number of para-hydroxylation sites is 1. The zero-order valence-corrected chi connectivity index (χ0v) is 13.0. The van der Waals surface area contributed by atoms with E-state index in [1.807, 2.05) is 69.5 Å². The Balaban J connectivity index is 2.06. The molecule has 0 bridgehead atoms. The number of fused-ring (bicyclic) bond motifs is 1. The molecular formula is C19H18N2O. The summed E-state index contributed by atoms with van der Waals surface area (Å²) in [4.78, 5) is 9.15. The molecule has 1 aromatic heterocycles.